The molecule has 6 nitrogen and oxygen atoms in total. The van der Waals surface area contributed by atoms with E-state index in [1.807, 2.05) is 0 Å². The number of hydrogen-bond donors (Lipinski definition) is 3. The van der Waals surface area contributed by atoms with E-state index in [0.717, 1.165) is 51.4 Å². The Morgan fingerprint density at radius 2 is 0.723 bits per heavy atom. The summed E-state index contributed by atoms with van der Waals surface area (Å²) in [7, 11) is 0. The molecule has 0 fully saturated rings. The van der Waals surface area contributed by atoms with Crippen molar-refractivity contribution in [2.75, 3.05) is 13.2 Å². The lowest BCUT2D eigenvalue weighted by molar-refractivity contribution is -0.143. The van der Waals surface area contributed by atoms with Crippen LogP contribution in [-0.4, -0.2) is 47.4 Å². The third-order valence-electron chi connectivity index (χ3n) is 13.8. The summed E-state index contributed by atoms with van der Waals surface area (Å²) >= 11 is 0. The van der Waals surface area contributed by atoms with Crippen LogP contribution in [0, 0.1) is 0 Å². The molecule has 0 aromatic carbocycles. The maximum Gasteiger partial charge on any atom is 0.305 e. The molecule has 0 bridgehead atoms. The number of unbranched alkanes of at least 4 members (excludes halogenated alkanes) is 42. The molecule has 6 heteroatoms. The van der Waals surface area contributed by atoms with Gasteiger partial charge in [0.1, 0.15) is 0 Å². The minimum Gasteiger partial charge on any atom is -0.466 e. The first-order valence-corrected chi connectivity index (χ1v) is 29.4. The molecule has 0 aliphatic carbocycles. The summed E-state index contributed by atoms with van der Waals surface area (Å²) in [5, 5.41) is 23.3. The standard InChI is InChI=1S/C59H115NO5/c1-3-5-7-9-11-13-15-17-18-19-20-21-22-23-25-28-31-35-39-43-47-51-57(62)56(55-61)60-58(63)52-48-44-40-36-32-29-26-24-27-30-34-38-42-46-50-54-65-59(64)53-49-45-41-37-33-16-14-12-10-8-6-4-2/h12,14,56-57,61-62H,3-11,13,15-55H2,1-2H3,(H,60,63)/b14-12-. The molecule has 0 aliphatic rings. The summed E-state index contributed by atoms with van der Waals surface area (Å²) in [5.74, 6) is -0.0488. The predicted molar refractivity (Wildman–Crippen MR) is 283 cm³/mol. The number of carbonyl (C=O) groups is 2. The number of rotatable bonds is 55. The Balaban J connectivity index is 3.43. The summed E-state index contributed by atoms with van der Waals surface area (Å²) in [4.78, 5) is 24.5. The third kappa shape index (κ3) is 51.8. The first-order valence-electron chi connectivity index (χ1n) is 29.4. The van der Waals surface area contributed by atoms with Crippen molar-refractivity contribution in [3.8, 4) is 0 Å². The smallest absolute Gasteiger partial charge is 0.305 e. The molecule has 0 rings (SSSR count). The first-order chi connectivity index (χ1) is 32.0. The van der Waals surface area contributed by atoms with Crippen molar-refractivity contribution >= 4 is 11.9 Å². The second kappa shape index (κ2) is 55.2. The first kappa shape index (κ1) is 63.6. The van der Waals surface area contributed by atoms with E-state index >= 15 is 0 Å². The van der Waals surface area contributed by atoms with Gasteiger partial charge in [-0.1, -0.05) is 276 Å². The molecular weight excluding hydrogens is 803 g/mol. The van der Waals surface area contributed by atoms with Crippen molar-refractivity contribution in [3.05, 3.63) is 12.2 Å². The number of nitrogens with one attached hydrogen (secondary N) is 1. The average molecular weight is 919 g/mol. The van der Waals surface area contributed by atoms with Crippen molar-refractivity contribution in [2.24, 2.45) is 0 Å². The summed E-state index contributed by atoms with van der Waals surface area (Å²) < 4.78 is 5.46. The number of amides is 1. The fourth-order valence-electron chi connectivity index (χ4n) is 9.28. The number of aliphatic hydroxyl groups is 2. The zero-order valence-corrected chi connectivity index (χ0v) is 44.0. The summed E-state index contributed by atoms with van der Waals surface area (Å²) in [6.07, 6.45) is 64.9. The van der Waals surface area contributed by atoms with Gasteiger partial charge in [0.15, 0.2) is 0 Å². The van der Waals surface area contributed by atoms with E-state index in [4.69, 9.17) is 4.74 Å². The molecule has 0 saturated heterocycles. The van der Waals surface area contributed by atoms with Crippen molar-refractivity contribution in [2.45, 2.75) is 341 Å². The number of aliphatic hydroxyl groups excluding tert-OH is 2. The van der Waals surface area contributed by atoms with E-state index in [0.29, 0.717) is 25.9 Å². The topological polar surface area (TPSA) is 95.9 Å². The lowest BCUT2D eigenvalue weighted by Gasteiger charge is -2.22. The Morgan fingerprint density at radius 1 is 0.415 bits per heavy atom. The lowest BCUT2D eigenvalue weighted by Crippen LogP contribution is -2.45. The number of esters is 1. The van der Waals surface area contributed by atoms with Gasteiger partial charge in [-0.3, -0.25) is 9.59 Å². The van der Waals surface area contributed by atoms with E-state index < -0.39 is 12.1 Å². The molecule has 2 unspecified atom stereocenters. The van der Waals surface area contributed by atoms with Crippen LogP contribution in [0.4, 0.5) is 0 Å². The van der Waals surface area contributed by atoms with Crippen LogP contribution >= 0.6 is 0 Å². The van der Waals surface area contributed by atoms with Gasteiger partial charge in [0.25, 0.3) is 0 Å². The highest BCUT2D eigenvalue weighted by molar-refractivity contribution is 5.76. The van der Waals surface area contributed by atoms with Crippen LogP contribution in [0.2, 0.25) is 0 Å². The molecular formula is C59H115NO5. The van der Waals surface area contributed by atoms with Crippen LogP contribution in [0.15, 0.2) is 12.2 Å². The van der Waals surface area contributed by atoms with Gasteiger partial charge in [-0.2, -0.15) is 0 Å². The number of allylic oxidation sites excluding steroid dienone is 2. The SMILES string of the molecule is CCCCC/C=C\CCCCCCCC(=O)OCCCCCCCCCCCCCCCCCC(=O)NC(CO)C(O)CCCCCCCCCCCCCCCCCCCCCCC. The number of carbonyl (C=O) groups excluding carboxylic acids is 2. The van der Waals surface area contributed by atoms with E-state index in [1.54, 1.807) is 0 Å². The molecule has 0 aromatic heterocycles. The van der Waals surface area contributed by atoms with Crippen molar-refractivity contribution in [1.29, 1.82) is 0 Å². The van der Waals surface area contributed by atoms with Gasteiger partial charge in [-0.05, 0) is 51.4 Å². The number of ether oxygens (including phenoxy) is 1. The van der Waals surface area contributed by atoms with Crippen molar-refractivity contribution in [1.82, 2.24) is 5.32 Å². The van der Waals surface area contributed by atoms with Gasteiger partial charge >= 0.3 is 5.97 Å². The van der Waals surface area contributed by atoms with Crippen molar-refractivity contribution < 1.29 is 24.5 Å². The highest BCUT2D eigenvalue weighted by Gasteiger charge is 2.20. The van der Waals surface area contributed by atoms with E-state index in [1.165, 1.54) is 244 Å². The lowest BCUT2D eigenvalue weighted by atomic mass is 10.0. The fraction of sp³-hybridized carbons (Fsp3) is 0.932. The molecule has 0 spiro atoms. The van der Waals surface area contributed by atoms with Gasteiger partial charge in [0.05, 0.1) is 25.4 Å². The van der Waals surface area contributed by atoms with Crippen LogP contribution in [0.25, 0.3) is 0 Å². The quantitative estimate of drug-likeness (QED) is 0.0321. The normalized spacial score (nSPS) is 12.6. The number of hydrogen-bond acceptors (Lipinski definition) is 5. The summed E-state index contributed by atoms with van der Waals surface area (Å²) in [6.45, 7) is 4.93. The Bertz CT molecular complexity index is 970. The Kier molecular flexibility index (Phi) is 54.0. The minimum atomic E-state index is -0.670. The molecule has 0 heterocycles. The zero-order chi connectivity index (χ0) is 47.2. The van der Waals surface area contributed by atoms with Crippen LogP contribution in [-0.2, 0) is 14.3 Å². The predicted octanol–water partition coefficient (Wildman–Crippen LogP) is 18.1. The Morgan fingerprint density at radius 3 is 1.12 bits per heavy atom. The zero-order valence-electron chi connectivity index (χ0n) is 44.0. The molecule has 65 heavy (non-hydrogen) atoms. The van der Waals surface area contributed by atoms with Gasteiger partial charge in [-0.25, -0.2) is 0 Å². The van der Waals surface area contributed by atoms with Gasteiger partial charge in [0.2, 0.25) is 5.91 Å². The summed E-state index contributed by atoms with van der Waals surface area (Å²) in [5.41, 5.74) is 0. The Labute approximate surface area is 406 Å². The largest absolute Gasteiger partial charge is 0.466 e. The highest BCUT2D eigenvalue weighted by Crippen LogP contribution is 2.18. The molecule has 2 atom stereocenters. The molecule has 0 aromatic rings. The Hall–Kier alpha value is -1.40. The molecule has 0 radical (unpaired) electrons. The van der Waals surface area contributed by atoms with E-state index in [9.17, 15) is 19.8 Å². The maximum atomic E-state index is 12.5. The fourth-order valence-corrected chi connectivity index (χ4v) is 9.28. The monoisotopic (exact) mass is 918 g/mol. The van der Waals surface area contributed by atoms with E-state index in [2.05, 4.69) is 31.3 Å². The molecule has 386 valence electrons. The van der Waals surface area contributed by atoms with Crippen LogP contribution in [0.3, 0.4) is 0 Å². The van der Waals surface area contributed by atoms with Crippen LogP contribution in [0.1, 0.15) is 328 Å². The molecule has 0 saturated carbocycles. The van der Waals surface area contributed by atoms with Crippen LogP contribution in [0.5, 0.6) is 0 Å². The van der Waals surface area contributed by atoms with Gasteiger partial charge in [0, 0.05) is 12.8 Å². The van der Waals surface area contributed by atoms with Crippen LogP contribution < -0.4 is 5.32 Å². The molecule has 1 amide bonds. The highest BCUT2D eigenvalue weighted by atomic mass is 16.5. The van der Waals surface area contributed by atoms with E-state index in [-0.39, 0.29) is 18.5 Å². The molecule has 0 aliphatic heterocycles. The van der Waals surface area contributed by atoms with Gasteiger partial charge < -0.3 is 20.3 Å². The van der Waals surface area contributed by atoms with Gasteiger partial charge in [-0.15, -0.1) is 0 Å². The summed E-state index contributed by atoms with van der Waals surface area (Å²) in [6, 6.07) is -0.548. The molecule has 3 N–H and O–H groups in total. The minimum absolute atomic E-state index is 0.00850. The third-order valence-corrected chi connectivity index (χ3v) is 13.8. The average Bonchev–Trinajstić information content (AvgIpc) is 3.31. The second-order valence-electron chi connectivity index (χ2n) is 20.3. The van der Waals surface area contributed by atoms with Crippen molar-refractivity contribution in [3.63, 3.8) is 0 Å². The second-order valence-corrected chi connectivity index (χ2v) is 20.3. The maximum absolute atomic E-state index is 12.5.